The third kappa shape index (κ3) is 5.15. The van der Waals surface area contributed by atoms with Crippen molar-refractivity contribution in [3.63, 3.8) is 0 Å². The standard InChI is InChI=1S/C7H18N2O2/c1-3-7(9(10)11)5-4-6(2)8/h6-7,10-11H,3-5,8H2,1-2H3. The fourth-order valence-electron chi connectivity index (χ4n) is 0.938. The van der Waals surface area contributed by atoms with Crippen LogP contribution in [0, 0.1) is 0 Å². The lowest BCUT2D eigenvalue weighted by molar-refractivity contribution is -0.333. The molecule has 0 saturated carbocycles. The summed E-state index contributed by atoms with van der Waals surface area (Å²) in [6.45, 7) is 3.82. The molecule has 0 amide bonds. The van der Waals surface area contributed by atoms with Gasteiger partial charge in [-0.3, -0.25) is 10.4 Å². The van der Waals surface area contributed by atoms with E-state index in [0.717, 1.165) is 19.3 Å². The Morgan fingerprint density at radius 3 is 2.18 bits per heavy atom. The summed E-state index contributed by atoms with van der Waals surface area (Å²) in [7, 11) is 0. The van der Waals surface area contributed by atoms with Crippen molar-refractivity contribution >= 4 is 0 Å². The Morgan fingerprint density at radius 1 is 1.36 bits per heavy atom. The SMILES string of the molecule is CCC(CCC(C)N)N(O)O. The van der Waals surface area contributed by atoms with Gasteiger partial charge in [0.25, 0.3) is 0 Å². The van der Waals surface area contributed by atoms with Crippen LogP contribution in [0.4, 0.5) is 0 Å². The van der Waals surface area contributed by atoms with Gasteiger partial charge in [-0.2, -0.15) is 0 Å². The number of nitrogens with zero attached hydrogens (tertiary/aromatic N) is 1. The van der Waals surface area contributed by atoms with E-state index in [1.54, 1.807) is 0 Å². The van der Waals surface area contributed by atoms with Gasteiger partial charge in [0.05, 0.1) is 6.04 Å². The molecule has 0 aliphatic carbocycles. The van der Waals surface area contributed by atoms with Crippen LogP contribution in [-0.2, 0) is 0 Å². The van der Waals surface area contributed by atoms with Crippen LogP contribution in [0.2, 0.25) is 0 Å². The molecule has 0 aromatic heterocycles. The number of hydrogen-bond donors (Lipinski definition) is 3. The second kappa shape index (κ2) is 5.49. The Labute approximate surface area is 67.5 Å². The zero-order valence-corrected chi connectivity index (χ0v) is 7.20. The van der Waals surface area contributed by atoms with Gasteiger partial charge in [-0.05, 0) is 26.2 Å². The first-order valence-corrected chi connectivity index (χ1v) is 4.00. The molecule has 2 atom stereocenters. The predicted molar refractivity (Wildman–Crippen MR) is 42.4 cm³/mol. The zero-order valence-electron chi connectivity index (χ0n) is 7.20. The van der Waals surface area contributed by atoms with E-state index >= 15 is 0 Å². The van der Waals surface area contributed by atoms with Crippen LogP contribution in [0.25, 0.3) is 0 Å². The minimum atomic E-state index is -0.180. The van der Waals surface area contributed by atoms with Crippen molar-refractivity contribution in [2.45, 2.75) is 45.2 Å². The third-order valence-corrected chi connectivity index (χ3v) is 1.75. The van der Waals surface area contributed by atoms with Gasteiger partial charge in [0, 0.05) is 6.04 Å². The van der Waals surface area contributed by atoms with E-state index in [1.165, 1.54) is 0 Å². The van der Waals surface area contributed by atoms with Gasteiger partial charge in [0.2, 0.25) is 0 Å². The fourth-order valence-corrected chi connectivity index (χ4v) is 0.938. The lowest BCUT2D eigenvalue weighted by Gasteiger charge is -2.19. The first-order chi connectivity index (χ1) is 5.07. The molecule has 4 nitrogen and oxygen atoms in total. The maximum absolute atomic E-state index is 8.67. The lowest BCUT2D eigenvalue weighted by Crippen LogP contribution is -2.30. The molecule has 0 aromatic rings. The molecule has 0 rings (SSSR count). The molecule has 4 N–H and O–H groups in total. The summed E-state index contributed by atoms with van der Waals surface area (Å²) in [5.74, 6) is 0. The highest BCUT2D eigenvalue weighted by Gasteiger charge is 2.12. The van der Waals surface area contributed by atoms with Crippen LogP contribution in [0.5, 0.6) is 0 Å². The predicted octanol–water partition coefficient (Wildman–Crippen LogP) is 0.973. The maximum atomic E-state index is 8.67. The van der Waals surface area contributed by atoms with Crippen LogP contribution in [0.3, 0.4) is 0 Å². The molecule has 0 aliphatic rings. The molecule has 4 heteroatoms. The smallest absolute Gasteiger partial charge is 0.0621 e. The number of hydrogen-bond acceptors (Lipinski definition) is 4. The van der Waals surface area contributed by atoms with Gasteiger partial charge in [-0.25, -0.2) is 0 Å². The van der Waals surface area contributed by atoms with Crippen molar-refractivity contribution in [3.05, 3.63) is 0 Å². The van der Waals surface area contributed by atoms with Gasteiger partial charge in [-0.1, -0.05) is 12.2 Å². The number of rotatable bonds is 5. The van der Waals surface area contributed by atoms with E-state index in [-0.39, 0.29) is 17.3 Å². The Morgan fingerprint density at radius 2 is 1.91 bits per heavy atom. The van der Waals surface area contributed by atoms with Crippen molar-refractivity contribution in [2.75, 3.05) is 0 Å². The van der Waals surface area contributed by atoms with Crippen molar-refractivity contribution in [2.24, 2.45) is 5.73 Å². The average molecular weight is 162 g/mol. The normalized spacial score (nSPS) is 16.9. The first-order valence-electron chi connectivity index (χ1n) is 4.00. The largest absolute Gasteiger partial charge is 0.328 e. The van der Waals surface area contributed by atoms with E-state index in [9.17, 15) is 0 Å². The van der Waals surface area contributed by atoms with Crippen LogP contribution >= 0.6 is 0 Å². The highest BCUT2D eigenvalue weighted by atomic mass is 16.8. The quantitative estimate of drug-likeness (QED) is 0.527. The van der Waals surface area contributed by atoms with E-state index < -0.39 is 0 Å². The molecule has 0 heterocycles. The number of hydroxylamine groups is 2. The summed E-state index contributed by atoms with van der Waals surface area (Å²) >= 11 is 0. The fraction of sp³-hybridized carbons (Fsp3) is 1.00. The van der Waals surface area contributed by atoms with Gasteiger partial charge in [0.15, 0.2) is 0 Å². The molecular weight excluding hydrogens is 144 g/mol. The molecule has 0 fully saturated rings. The van der Waals surface area contributed by atoms with Crippen molar-refractivity contribution in [1.82, 2.24) is 5.23 Å². The molecular formula is C7H18N2O2. The zero-order chi connectivity index (χ0) is 8.85. The maximum Gasteiger partial charge on any atom is 0.0621 e. The topological polar surface area (TPSA) is 69.7 Å². The second-order valence-corrected chi connectivity index (χ2v) is 2.94. The van der Waals surface area contributed by atoms with Crippen molar-refractivity contribution in [3.8, 4) is 0 Å². The summed E-state index contributed by atoms with van der Waals surface area (Å²) in [5, 5.41) is 17.6. The van der Waals surface area contributed by atoms with E-state index in [4.69, 9.17) is 16.1 Å². The van der Waals surface area contributed by atoms with Crippen LogP contribution in [0.15, 0.2) is 0 Å². The molecule has 0 saturated heterocycles. The first kappa shape index (κ1) is 10.8. The van der Waals surface area contributed by atoms with Crippen molar-refractivity contribution < 1.29 is 10.4 Å². The molecule has 0 aromatic carbocycles. The van der Waals surface area contributed by atoms with Gasteiger partial charge in [-0.15, -0.1) is 0 Å². The van der Waals surface area contributed by atoms with Gasteiger partial charge >= 0.3 is 0 Å². The monoisotopic (exact) mass is 162 g/mol. The summed E-state index contributed by atoms with van der Waals surface area (Å²) in [6.07, 6.45) is 2.26. The second-order valence-electron chi connectivity index (χ2n) is 2.94. The Hall–Kier alpha value is -0.160. The molecule has 0 bridgehead atoms. The van der Waals surface area contributed by atoms with Crippen LogP contribution in [-0.4, -0.2) is 27.7 Å². The van der Waals surface area contributed by atoms with E-state index in [2.05, 4.69) is 0 Å². The summed E-state index contributed by atoms with van der Waals surface area (Å²) in [5.41, 5.74) is 5.51. The lowest BCUT2D eigenvalue weighted by atomic mass is 10.1. The molecule has 68 valence electrons. The van der Waals surface area contributed by atoms with E-state index in [1.807, 2.05) is 13.8 Å². The van der Waals surface area contributed by atoms with Crippen LogP contribution < -0.4 is 5.73 Å². The Bertz CT molecular complexity index is 96.4. The Kier molecular flexibility index (Phi) is 5.41. The highest BCUT2D eigenvalue weighted by Crippen LogP contribution is 2.07. The summed E-state index contributed by atoms with van der Waals surface area (Å²) < 4.78 is 0. The minimum absolute atomic E-state index is 0.129. The summed E-state index contributed by atoms with van der Waals surface area (Å²) in [4.78, 5) is 0. The molecule has 0 spiro atoms. The third-order valence-electron chi connectivity index (χ3n) is 1.75. The summed E-state index contributed by atoms with van der Waals surface area (Å²) in [6, 6.07) is -0.0509. The molecule has 0 aliphatic heterocycles. The van der Waals surface area contributed by atoms with Crippen molar-refractivity contribution in [1.29, 1.82) is 0 Å². The van der Waals surface area contributed by atoms with Gasteiger partial charge < -0.3 is 5.73 Å². The van der Waals surface area contributed by atoms with E-state index in [0.29, 0.717) is 0 Å². The average Bonchev–Trinajstić information content (AvgIpc) is 1.87. The minimum Gasteiger partial charge on any atom is -0.328 e. The number of nitrogens with two attached hydrogens (primary N) is 1. The van der Waals surface area contributed by atoms with Gasteiger partial charge in [0.1, 0.15) is 0 Å². The van der Waals surface area contributed by atoms with Crippen LogP contribution in [0.1, 0.15) is 33.1 Å². The molecule has 2 unspecified atom stereocenters. The molecule has 0 radical (unpaired) electrons. The molecule has 11 heavy (non-hydrogen) atoms. The highest BCUT2D eigenvalue weighted by molar-refractivity contribution is 4.62. The Balaban J connectivity index is 3.52.